The lowest BCUT2D eigenvalue weighted by molar-refractivity contribution is 0.0520. The van der Waals surface area contributed by atoms with Crippen molar-refractivity contribution in [3.8, 4) is 0 Å². The summed E-state index contributed by atoms with van der Waals surface area (Å²) in [6.07, 6.45) is 1.53. The molecule has 4 nitrogen and oxygen atoms in total. The van der Waals surface area contributed by atoms with Gasteiger partial charge in [-0.25, -0.2) is 4.79 Å². The minimum atomic E-state index is -0.454. The Hall–Kier alpha value is -1.63. The number of rotatable bonds is 4. The molecule has 0 unspecified atom stereocenters. The Kier molecular flexibility index (Phi) is 4.36. The van der Waals surface area contributed by atoms with E-state index in [1.807, 2.05) is 18.2 Å². The van der Waals surface area contributed by atoms with Gasteiger partial charge in [0.25, 0.3) is 0 Å². The van der Waals surface area contributed by atoms with E-state index in [4.69, 9.17) is 4.74 Å². The Bertz CT molecular complexity index is 619. The van der Waals surface area contributed by atoms with Crippen LogP contribution in [0.2, 0.25) is 0 Å². The van der Waals surface area contributed by atoms with Gasteiger partial charge in [-0.05, 0) is 47.7 Å². The Balaban J connectivity index is 2.26. The van der Waals surface area contributed by atoms with E-state index in [1.54, 1.807) is 13.0 Å². The summed E-state index contributed by atoms with van der Waals surface area (Å²) in [7, 11) is 0. The standard InChI is InChI=1S/C14H12INO3/c1-2-19-14(18)12-7-9(8-16-12)13(17)10-5-3-4-6-11(10)15/h3-8,16H,2H2,1H3. The third-order valence-electron chi connectivity index (χ3n) is 2.56. The number of ether oxygens (including phenoxy) is 1. The first-order chi connectivity index (χ1) is 9.13. The van der Waals surface area contributed by atoms with Gasteiger partial charge >= 0.3 is 5.97 Å². The zero-order chi connectivity index (χ0) is 13.8. The molecular weight excluding hydrogens is 357 g/mol. The van der Waals surface area contributed by atoms with Crippen LogP contribution in [0.4, 0.5) is 0 Å². The van der Waals surface area contributed by atoms with E-state index in [-0.39, 0.29) is 11.5 Å². The van der Waals surface area contributed by atoms with Gasteiger partial charge in [-0.1, -0.05) is 12.1 Å². The number of benzene rings is 1. The first kappa shape index (κ1) is 13.8. The fourth-order valence-electron chi connectivity index (χ4n) is 1.65. The van der Waals surface area contributed by atoms with Crippen molar-refractivity contribution < 1.29 is 14.3 Å². The van der Waals surface area contributed by atoms with Gasteiger partial charge in [-0.2, -0.15) is 0 Å². The fourth-order valence-corrected chi connectivity index (χ4v) is 2.29. The Morgan fingerprint density at radius 3 is 2.74 bits per heavy atom. The van der Waals surface area contributed by atoms with Crippen LogP contribution in [0, 0.1) is 3.57 Å². The second-order valence-corrected chi connectivity index (χ2v) is 4.99. The van der Waals surface area contributed by atoms with Crippen molar-refractivity contribution in [3.63, 3.8) is 0 Å². The van der Waals surface area contributed by atoms with Crippen molar-refractivity contribution in [2.24, 2.45) is 0 Å². The molecule has 0 saturated carbocycles. The molecule has 0 aliphatic carbocycles. The molecule has 1 aromatic carbocycles. The van der Waals surface area contributed by atoms with Gasteiger partial charge < -0.3 is 9.72 Å². The highest BCUT2D eigenvalue weighted by Gasteiger charge is 2.16. The highest BCUT2D eigenvalue weighted by molar-refractivity contribution is 14.1. The van der Waals surface area contributed by atoms with Crippen LogP contribution < -0.4 is 0 Å². The monoisotopic (exact) mass is 369 g/mol. The average molecular weight is 369 g/mol. The zero-order valence-electron chi connectivity index (χ0n) is 10.3. The second kappa shape index (κ2) is 6.01. The summed E-state index contributed by atoms with van der Waals surface area (Å²) in [6.45, 7) is 2.04. The number of halogens is 1. The number of hydrogen-bond acceptors (Lipinski definition) is 3. The number of nitrogens with one attached hydrogen (secondary N) is 1. The molecule has 0 aliphatic rings. The molecule has 0 aliphatic heterocycles. The van der Waals surface area contributed by atoms with Gasteiger partial charge in [0.05, 0.1) is 6.61 Å². The smallest absolute Gasteiger partial charge is 0.354 e. The number of aromatic amines is 1. The van der Waals surface area contributed by atoms with Crippen molar-refractivity contribution in [1.82, 2.24) is 4.98 Å². The van der Waals surface area contributed by atoms with Crippen LogP contribution in [-0.4, -0.2) is 23.3 Å². The summed E-state index contributed by atoms with van der Waals surface area (Å²) in [5.41, 5.74) is 1.36. The number of aromatic nitrogens is 1. The summed E-state index contributed by atoms with van der Waals surface area (Å²) in [6, 6.07) is 8.84. The van der Waals surface area contributed by atoms with Crippen molar-refractivity contribution >= 4 is 34.3 Å². The highest BCUT2D eigenvalue weighted by atomic mass is 127. The zero-order valence-corrected chi connectivity index (χ0v) is 12.4. The molecule has 0 amide bonds. The molecule has 1 aromatic heterocycles. The molecule has 0 bridgehead atoms. The number of H-pyrrole nitrogens is 1. The summed E-state index contributed by atoms with van der Waals surface area (Å²) in [4.78, 5) is 26.6. The van der Waals surface area contributed by atoms with Crippen molar-refractivity contribution in [2.45, 2.75) is 6.92 Å². The molecule has 0 fully saturated rings. The third kappa shape index (κ3) is 3.04. The number of esters is 1. The lowest BCUT2D eigenvalue weighted by Gasteiger charge is -2.00. The normalized spacial score (nSPS) is 10.2. The Morgan fingerprint density at radius 1 is 1.32 bits per heavy atom. The van der Waals surface area contributed by atoms with E-state index in [2.05, 4.69) is 27.6 Å². The van der Waals surface area contributed by atoms with Crippen LogP contribution in [0.25, 0.3) is 0 Å². The van der Waals surface area contributed by atoms with Crippen LogP contribution in [0.1, 0.15) is 33.3 Å². The topological polar surface area (TPSA) is 59.2 Å². The molecule has 19 heavy (non-hydrogen) atoms. The van der Waals surface area contributed by atoms with Gasteiger partial charge in [0.15, 0.2) is 5.78 Å². The van der Waals surface area contributed by atoms with Gasteiger partial charge in [0, 0.05) is 20.9 Å². The first-order valence-corrected chi connectivity index (χ1v) is 6.86. The van der Waals surface area contributed by atoms with Crippen LogP contribution in [0.15, 0.2) is 36.5 Å². The van der Waals surface area contributed by atoms with Crippen LogP contribution >= 0.6 is 22.6 Å². The van der Waals surface area contributed by atoms with Gasteiger partial charge in [-0.3, -0.25) is 4.79 Å². The Labute approximate surface area is 124 Å². The first-order valence-electron chi connectivity index (χ1n) is 5.78. The van der Waals surface area contributed by atoms with Crippen molar-refractivity contribution in [3.05, 3.63) is 56.9 Å². The van der Waals surface area contributed by atoms with Gasteiger partial charge in [0.2, 0.25) is 0 Å². The molecule has 0 spiro atoms. The van der Waals surface area contributed by atoms with E-state index in [1.165, 1.54) is 12.3 Å². The predicted octanol–water partition coefficient (Wildman–Crippen LogP) is 3.03. The molecule has 2 aromatic rings. The maximum atomic E-state index is 12.3. The summed E-state index contributed by atoms with van der Waals surface area (Å²) < 4.78 is 5.75. The Morgan fingerprint density at radius 2 is 2.05 bits per heavy atom. The van der Waals surface area contributed by atoms with Crippen LogP contribution in [0.5, 0.6) is 0 Å². The lowest BCUT2D eigenvalue weighted by Crippen LogP contribution is -2.05. The molecule has 2 rings (SSSR count). The number of ketones is 1. The van der Waals surface area contributed by atoms with E-state index >= 15 is 0 Å². The quantitative estimate of drug-likeness (QED) is 0.512. The van der Waals surface area contributed by atoms with E-state index in [0.29, 0.717) is 17.7 Å². The summed E-state index contributed by atoms with van der Waals surface area (Å²) in [5, 5.41) is 0. The second-order valence-electron chi connectivity index (χ2n) is 3.83. The minimum absolute atomic E-state index is 0.114. The summed E-state index contributed by atoms with van der Waals surface area (Å²) >= 11 is 2.11. The lowest BCUT2D eigenvalue weighted by atomic mass is 10.1. The highest BCUT2D eigenvalue weighted by Crippen LogP contribution is 2.17. The van der Waals surface area contributed by atoms with E-state index in [0.717, 1.165) is 3.57 Å². The molecule has 5 heteroatoms. The number of hydrogen-bond donors (Lipinski definition) is 1. The maximum absolute atomic E-state index is 12.3. The third-order valence-corrected chi connectivity index (χ3v) is 3.50. The van der Waals surface area contributed by atoms with Gasteiger partial charge in [0.1, 0.15) is 5.69 Å². The molecule has 1 N–H and O–H groups in total. The molecule has 1 heterocycles. The van der Waals surface area contributed by atoms with E-state index in [9.17, 15) is 9.59 Å². The molecule has 0 atom stereocenters. The SMILES string of the molecule is CCOC(=O)c1cc(C(=O)c2ccccc2I)c[nH]1. The average Bonchev–Trinajstić information content (AvgIpc) is 2.88. The number of carbonyl (C=O) groups excluding carboxylic acids is 2. The van der Waals surface area contributed by atoms with Gasteiger partial charge in [-0.15, -0.1) is 0 Å². The largest absolute Gasteiger partial charge is 0.461 e. The molecule has 0 saturated heterocycles. The van der Waals surface area contributed by atoms with Crippen LogP contribution in [-0.2, 0) is 4.74 Å². The predicted molar refractivity (Wildman–Crippen MR) is 79.3 cm³/mol. The maximum Gasteiger partial charge on any atom is 0.354 e. The molecule has 0 radical (unpaired) electrons. The fraction of sp³-hybridized carbons (Fsp3) is 0.143. The van der Waals surface area contributed by atoms with Crippen molar-refractivity contribution in [1.29, 1.82) is 0 Å². The van der Waals surface area contributed by atoms with Crippen LogP contribution in [0.3, 0.4) is 0 Å². The minimum Gasteiger partial charge on any atom is -0.461 e. The van der Waals surface area contributed by atoms with E-state index < -0.39 is 5.97 Å². The van der Waals surface area contributed by atoms with Crippen molar-refractivity contribution in [2.75, 3.05) is 6.61 Å². The molecular formula is C14H12INO3. The number of carbonyl (C=O) groups is 2. The molecule has 98 valence electrons. The summed E-state index contributed by atoms with van der Waals surface area (Å²) in [5.74, 6) is -0.568.